The van der Waals surface area contributed by atoms with Crippen molar-refractivity contribution < 1.29 is 9.47 Å². The SMILES string of the molecule is CC1(c2ccc(OCC3Cn4ccc(=O)nc4O3)cc2)C2CCCC1CCC2. The Morgan fingerprint density at radius 1 is 1.11 bits per heavy atom. The Balaban J connectivity index is 1.24. The van der Waals surface area contributed by atoms with Gasteiger partial charge in [-0.1, -0.05) is 31.9 Å². The molecule has 2 fully saturated rings. The number of hydrogen-bond acceptors (Lipinski definition) is 4. The molecule has 2 heterocycles. The van der Waals surface area contributed by atoms with Crippen molar-refractivity contribution >= 4 is 0 Å². The average Bonchev–Trinajstić information content (AvgIpc) is 3.08. The van der Waals surface area contributed by atoms with Crippen molar-refractivity contribution in [2.24, 2.45) is 11.8 Å². The molecule has 5 nitrogen and oxygen atoms in total. The zero-order chi connectivity index (χ0) is 19.1. The lowest BCUT2D eigenvalue weighted by Crippen LogP contribution is -2.45. The normalized spacial score (nSPS) is 31.1. The minimum Gasteiger partial charge on any atom is -0.490 e. The van der Waals surface area contributed by atoms with E-state index in [9.17, 15) is 4.79 Å². The summed E-state index contributed by atoms with van der Waals surface area (Å²) in [6.45, 7) is 3.59. The van der Waals surface area contributed by atoms with Crippen LogP contribution in [0, 0.1) is 11.8 Å². The van der Waals surface area contributed by atoms with Crippen LogP contribution in [0.2, 0.25) is 0 Å². The second-order valence-electron chi connectivity index (χ2n) is 8.81. The molecule has 1 unspecified atom stereocenters. The topological polar surface area (TPSA) is 53.4 Å². The standard InChI is InChI=1S/C23H28N2O3/c1-23(16-4-2-5-17(23)7-3-6-16)18-8-10-19(11-9-18)27-15-20-14-25-13-12-21(26)24-22(25)28-20/h8-13,16-17,20H,2-7,14-15H2,1H3. The molecule has 28 heavy (non-hydrogen) atoms. The minimum atomic E-state index is -0.274. The van der Waals surface area contributed by atoms with E-state index in [-0.39, 0.29) is 11.7 Å². The summed E-state index contributed by atoms with van der Waals surface area (Å²) < 4.78 is 13.5. The van der Waals surface area contributed by atoms with Crippen LogP contribution in [0.3, 0.4) is 0 Å². The van der Waals surface area contributed by atoms with Gasteiger partial charge in [0, 0.05) is 12.3 Å². The minimum absolute atomic E-state index is 0.121. The predicted molar refractivity (Wildman–Crippen MR) is 107 cm³/mol. The summed E-state index contributed by atoms with van der Waals surface area (Å²) in [4.78, 5) is 15.2. The first-order chi connectivity index (χ1) is 13.6. The summed E-state index contributed by atoms with van der Waals surface area (Å²) >= 11 is 0. The van der Waals surface area contributed by atoms with Gasteiger partial charge in [0.15, 0.2) is 6.10 Å². The molecule has 0 spiro atoms. The highest BCUT2D eigenvalue weighted by Gasteiger charge is 2.46. The summed E-state index contributed by atoms with van der Waals surface area (Å²) in [7, 11) is 0. The molecule has 2 aliphatic carbocycles. The number of benzene rings is 1. The molecule has 1 aromatic heterocycles. The van der Waals surface area contributed by atoms with Gasteiger partial charge in [0.05, 0.1) is 6.54 Å². The highest BCUT2D eigenvalue weighted by atomic mass is 16.6. The Morgan fingerprint density at radius 2 is 1.79 bits per heavy atom. The molecule has 0 N–H and O–H groups in total. The van der Waals surface area contributed by atoms with E-state index in [0.717, 1.165) is 17.6 Å². The van der Waals surface area contributed by atoms with Crippen molar-refractivity contribution in [3.63, 3.8) is 0 Å². The molecule has 0 radical (unpaired) electrons. The molecule has 2 aromatic rings. The molecule has 0 amide bonds. The first kappa shape index (κ1) is 17.8. The zero-order valence-corrected chi connectivity index (χ0v) is 16.5. The molecule has 5 heteroatoms. The van der Waals surface area contributed by atoms with Crippen LogP contribution < -0.4 is 15.0 Å². The van der Waals surface area contributed by atoms with Crippen LogP contribution in [-0.4, -0.2) is 22.3 Å². The third-order valence-electron chi connectivity index (χ3n) is 7.34. The van der Waals surface area contributed by atoms with Crippen molar-refractivity contribution in [2.75, 3.05) is 6.61 Å². The lowest BCUT2D eigenvalue weighted by Gasteiger charge is -2.52. The quantitative estimate of drug-likeness (QED) is 0.806. The molecule has 1 aromatic carbocycles. The van der Waals surface area contributed by atoms with Gasteiger partial charge in [-0.25, -0.2) is 0 Å². The number of fused-ring (bicyclic) bond motifs is 3. The maximum atomic E-state index is 11.3. The summed E-state index contributed by atoms with van der Waals surface area (Å²) in [6, 6.07) is 10.6. The van der Waals surface area contributed by atoms with Gasteiger partial charge in [0.1, 0.15) is 12.4 Å². The highest BCUT2D eigenvalue weighted by Crippen LogP contribution is 2.54. The lowest BCUT2D eigenvalue weighted by atomic mass is 9.53. The Labute approximate surface area is 165 Å². The Bertz CT molecular complexity index is 883. The average molecular weight is 380 g/mol. The van der Waals surface area contributed by atoms with Crippen LogP contribution in [0.25, 0.3) is 0 Å². The van der Waals surface area contributed by atoms with Crippen molar-refractivity contribution in [3.8, 4) is 11.8 Å². The third-order valence-corrected chi connectivity index (χ3v) is 7.34. The molecule has 2 saturated carbocycles. The molecule has 148 valence electrons. The van der Waals surface area contributed by atoms with E-state index in [4.69, 9.17) is 9.47 Å². The van der Waals surface area contributed by atoms with Crippen molar-refractivity contribution in [2.45, 2.75) is 63.5 Å². The Kier molecular flexibility index (Phi) is 4.41. The van der Waals surface area contributed by atoms with E-state index in [1.165, 1.54) is 50.2 Å². The third kappa shape index (κ3) is 3.01. The smallest absolute Gasteiger partial charge is 0.300 e. The van der Waals surface area contributed by atoms with Crippen LogP contribution >= 0.6 is 0 Å². The molecule has 0 saturated heterocycles. The Morgan fingerprint density at radius 3 is 2.46 bits per heavy atom. The van der Waals surface area contributed by atoms with Crippen molar-refractivity contribution in [1.29, 1.82) is 0 Å². The first-order valence-electron chi connectivity index (χ1n) is 10.6. The summed E-state index contributed by atoms with van der Waals surface area (Å²) in [5.41, 5.74) is 1.52. The summed E-state index contributed by atoms with van der Waals surface area (Å²) in [6.07, 6.45) is 9.91. The number of aromatic nitrogens is 2. The number of ether oxygens (including phenoxy) is 2. The van der Waals surface area contributed by atoms with Crippen LogP contribution in [0.15, 0.2) is 41.3 Å². The fourth-order valence-corrected chi connectivity index (χ4v) is 5.75. The molecule has 1 aliphatic heterocycles. The van der Waals surface area contributed by atoms with E-state index in [2.05, 4.69) is 36.2 Å². The van der Waals surface area contributed by atoms with Gasteiger partial charge in [-0.3, -0.25) is 9.36 Å². The van der Waals surface area contributed by atoms with E-state index in [1.54, 1.807) is 6.20 Å². The van der Waals surface area contributed by atoms with E-state index in [1.807, 2.05) is 4.57 Å². The van der Waals surface area contributed by atoms with Gasteiger partial charge >= 0.3 is 0 Å². The van der Waals surface area contributed by atoms with Crippen molar-refractivity contribution in [3.05, 3.63) is 52.4 Å². The van der Waals surface area contributed by atoms with Gasteiger partial charge < -0.3 is 9.47 Å². The summed E-state index contributed by atoms with van der Waals surface area (Å²) in [5, 5.41) is 0. The van der Waals surface area contributed by atoms with Gasteiger partial charge in [-0.05, 0) is 60.6 Å². The summed E-state index contributed by atoms with van der Waals surface area (Å²) in [5.74, 6) is 2.52. The molecule has 5 rings (SSSR count). The molecule has 1 atom stereocenters. The fraction of sp³-hybridized carbons (Fsp3) is 0.565. The maximum Gasteiger partial charge on any atom is 0.300 e. The highest BCUT2D eigenvalue weighted by molar-refractivity contribution is 5.34. The number of hydrogen-bond donors (Lipinski definition) is 0. The molecule has 3 aliphatic rings. The van der Waals surface area contributed by atoms with Gasteiger partial charge in [0.25, 0.3) is 11.6 Å². The number of nitrogens with zero attached hydrogens (tertiary/aromatic N) is 2. The predicted octanol–water partition coefficient (Wildman–Crippen LogP) is 3.94. The maximum absolute atomic E-state index is 11.3. The van der Waals surface area contributed by atoms with E-state index >= 15 is 0 Å². The van der Waals surface area contributed by atoms with Gasteiger partial charge in [-0.15, -0.1) is 0 Å². The van der Waals surface area contributed by atoms with Gasteiger partial charge in [-0.2, -0.15) is 4.98 Å². The largest absolute Gasteiger partial charge is 0.490 e. The first-order valence-corrected chi connectivity index (χ1v) is 10.6. The zero-order valence-electron chi connectivity index (χ0n) is 16.5. The molecule has 2 bridgehead atoms. The number of rotatable bonds is 4. The van der Waals surface area contributed by atoms with Crippen LogP contribution in [-0.2, 0) is 12.0 Å². The van der Waals surface area contributed by atoms with Crippen LogP contribution in [0.4, 0.5) is 0 Å². The van der Waals surface area contributed by atoms with Crippen molar-refractivity contribution in [1.82, 2.24) is 9.55 Å². The monoisotopic (exact) mass is 380 g/mol. The van der Waals surface area contributed by atoms with Gasteiger partial charge in [0.2, 0.25) is 0 Å². The van der Waals surface area contributed by atoms with E-state index in [0.29, 0.717) is 24.6 Å². The Hall–Kier alpha value is -2.30. The second-order valence-corrected chi connectivity index (χ2v) is 8.81. The van der Waals surface area contributed by atoms with E-state index < -0.39 is 0 Å². The second kappa shape index (κ2) is 6.94. The van der Waals surface area contributed by atoms with Crippen LogP contribution in [0.5, 0.6) is 11.8 Å². The molecular formula is C23H28N2O3. The fourth-order valence-electron chi connectivity index (χ4n) is 5.75. The van der Waals surface area contributed by atoms with Crippen LogP contribution in [0.1, 0.15) is 51.0 Å². The molecular weight excluding hydrogens is 352 g/mol. The lowest BCUT2D eigenvalue weighted by molar-refractivity contribution is 0.0666.